The van der Waals surface area contributed by atoms with Crippen LogP contribution in [-0.2, 0) is 6.54 Å². The van der Waals surface area contributed by atoms with E-state index >= 15 is 0 Å². The molecule has 1 saturated carbocycles. The summed E-state index contributed by atoms with van der Waals surface area (Å²) in [7, 11) is 0. The first kappa shape index (κ1) is 12.8. The fourth-order valence-electron chi connectivity index (χ4n) is 1.73. The topological polar surface area (TPSA) is 90.9 Å². The predicted molar refractivity (Wildman–Crippen MR) is 64.8 cm³/mol. The van der Waals surface area contributed by atoms with Gasteiger partial charge in [0.25, 0.3) is 0 Å². The first-order chi connectivity index (χ1) is 8.60. The number of oxime groups is 1. The molecule has 6 heteroatoms. The second kappa shape index (κ2) is 4.91. The molecular weight excluding hydrogens is 237 g/mol. The number of rotatable bonds is 5. The highest BCUT2D eigenvalue weighted by Crippen LogP contribution is 2.34. The minimum atomic E-state index is -0.416. The van der Waals surface area contributed by atoms with Crippen molar-refractivity contribution in [2.24, 2.45) is 10.9 Å². The minimum Gasteiger partial charge on any atom is -0.409 e. The molecule has 0 aliphatic heterocycles. The lowest BCUT2D eigenvalue weighted by Gasteiger charge is -2.14. The van der Waals surface area contributed by atoms with Crippen LogP contribution in [0.5, 0.6) is 0 Å². The fourth-order valence-corrected chi connectivity index (χ4v) is 1.73. The molecule has 1 aliphatic carbocycles. The summed E-state index contributed by atoms with van der Waals surface area (Å²) in [6.45, 7) is 0.416. The number of halogens is 1. The van der Waals surface area contributed by atoms with Gasteiger partial charge in [-0.3, -0.25) is 0 Å². The number of nitrogens with zero attached hydrogens (tertiary/aromatic N) is 1. The predicted octanol–water partition coefficient (Wildman–Crippen LogP) is 0.535. The van der Waals surface area contributed by atoms with Crippen molar-refractivity contribution >= 4 is 5.84 Å². The SMILES string of the molecule is N/C(=N/O)c1ccc(CNC2(CO)CC2)c(F)c1. The van der Waals surface area contributed by atoms with E-state index < -0.39 is 5.82 Å². The Balaban J connectivity index is 2.06. The highest BCUT2D eigenvalue weighted by atomic mass is 19.1. The lowest BCUT2D eigenvalue weighted by Crippen LogP contribution is -2.34. The Morgan fingerprint density at radius 3 is 2.72 bits per heavy atom. The lowest BCUT2D eigenvalue weighted by molar-refractivity contribution is 0.229. The Bertz CT molecular complexity index is 472. The van der Waals surface area contributed by atoms with Gasteiger partial charge in [0, 0.05) is 23.2 Å². The Hall–Kier alpha value is -1.66. The zero-order chi connectivity index (χ0) is 13.2. The van der Waals surface area contributed by atoms with Gasteiger partial charge in [0.05, 0.1) is 6.61 Å². The van der Waals surface area contributed by atoms with E-state index in [1.807, 2.05) is 0 Å². The molecule has 1 aromatic rings. The third-order valence-electron chi connectivity index (χ3n) is 3.27. The van der Waals surface area contributed by atoms with E-state index in [0.29, 0.717) is 17.7 Å². The molecule has 0 aromatic heterocycles. The van der Waals surface area contributed by atoms with Gasteiger partial charge in [-0.2, -0.15) is 0 Å². The van der Waals surface area contributed by atoms with Gasteiger partial charge in [-0.25, -0.2) is 4.39 Å². The molecule has 5 N–H and O–H groups in total. The van der Waals surface area contributed by atoms with E-state index in [0.717, 1.165) is 12.8 Å². The summed E-state index contributed by atoms with van der Waals surface area (Å²) in [4.78, 5) is 0. The van der Waals surface area contributed by atoms with Crippen LogP contribution in [0.4, 0.5) is 4.39 Å². The molecule has 0 unspecified atom stereocenters. The monoisotopic (exact) mass is 253 g/mol. The van der Waals surface area contributed by atoms with E-state index in [-0.39, 0.29) is 18.0 Å². The van der Waals surface area contributed by atoms with Gasteiger partial charge in [0.1, 0.15) is 5.82 Å². The Morgan fingerprint density at radius 2 is 2.22 bits per heavy atom. The molecular formula is C12H16FN3O2. The van der Waals surface area contributed by atoms with Crippen molar-refractivity contribution in [1.29, 1.82) is 0 Å². The number of nitrogens with one attached hydrogen (secondary N) is 1. The largest absolute Gasteiger partial charge is 0.409 e. The summed E-state index contributed by atoms with van der Waals surface area (Å²) in [6, 6.07) is 4.40. The van der Waals surface area contributed by atoms with Crippen LogP contribution in [0, 0.1) is 5.82 Å². The maximum absolute atomic E-state index is 13.8. The van der Waals surface area contributed by atoms with Crippen molar-refractivity contribution in [1.82, 2.24) is 5.32 Å². The Kier molecular flexibility index (Phi) is 3.49. The molecule has 0 spiro atoms. The highest BCUT2D eigenvalue weighted by Gasteiger charge is 2.41. The molecule has 0 radical (unpaired) electrons. The second-order valence-corrected chi connectivity index (χ2v) is 4.58. The van der Waals surface area contributed by atoms with Crippen molar-refractivity contribution in [2.75, 3.05) is 6.61 Å². The van der Waals surface area contributed by atoms with Gasteiger partial charge in [0.2, 0.25) is 0 Å². The molecule has 2 rings (SSSR count). The maximum Gasteiger partial charge on any atom is 0.170 e. The van der Waals surface area contributed by atoms with Gasteiger partial charge in [0.15, 0.2) is 5.84 Å². The number of hydrogen-bond donors (Lipinski definition) is 4. The normalized spacial score (nSPS) is 17.8. The average Bonchev–Trinajstić information content (AvgIpc) is 3.17. The van der Waals surface area contributed by atoms with E-state index in [2.05, 4.69) is 10.5 Å². The molecule has 98 valence electrons. The quantitative estimate of drug-likeness (QED) is 0.267. The molecule has 0 amide bonds. The number of benzene rings is 1. The van der Waals surface area contributed by atoms with Crippen LogP contribution in [-0.4, -0.2) is 28.3 Å². The molecule has 0 heterocycles. The summed E-state index contributed by atoms with van der Waals surface area (Å²) in [5, 5.41) is 23.6. The van der Waals surface area contributed by atoms with Gasteiger partial charge >= 0.3 is 0 Å². The summed E-state index contributed by atoms with van der Waals surface area (Å²) in [6.07, 6.45) is 1.82. The van der Waals surface area contributed by atoms with Crippen LogP contribution in [0.3, 0.4) is 0 Å². The second-order valence-electron chi connectivity index (χ2n) is 4.58. The fraction of sp³-hybridized carbons (Fsp3) is 0.417. The van der Waals surface area contributed by atoms with Gasteiger partial charge in [-0.05, 0) is 18.9 Å². The number of hydrogen-bond acceptors (Lipinski definition) is 4. The molecule has 1 aromatic carbocycles. The zero-order valence-corrected chi connectivity index (χ0v) is 9.86. The molecule has 18 heavy (non-hydrogen) atoms. The molecule has 5 nitrogen and oxygen atoms in total. The first-order valence-electron chi connectivity index (χ1n) is 5.72. The summed E-state index contributed by atoms with van der Waals surface area (Å²) >= 11 is 0. The minimum absolute atomic E-state index is 0.0663. The summed E-state index contributed by atoms with van der Waals surface area (Å²) in [5.74, 6) is -0.539. The van der Waals surface area contributed by atoms with Gasteiger partial charge < -0.3 is 21.4 Å². The van der Waals surface area contributed by atoms with Gasteiger partial charge in [-0.15, -0.1) is 0 Å². The van der Waals surface area contributed by atoms with Crippen LogP contribution in [0.1, 0.15) is 24.0 Å². The third-order valence-corrected chi connectivity index (χ3v) is 3.27. The van der Waals surface area contributed by atoms with Crippen LogP contribution in [0.25, 0.3) is 0 Å². The lowest BCUT2D eigenvalue weighted by atomic mass is 10.1. The summed E-state index contributed by atoms with van der Waals surface area (Å²) < 4.78 is 13.8. The van der Waals surface area contributed by atoms with Crippen molar-refractivity contribution in [3.05, 3.63) is 35.1 Å². The van der Waals surface area contributed by atoms with Crippen LogP contribution >= 0.6 is 0 Å². The zero-order valence-electron chi connectivity index (χ0n) is 9.86. The van der Waals surface area contributed by atoms with Crippen molar-refractivity contribution < 1.29 is 14.7 Å². The van der Waals surface area contributed by atoms with Crippen LogP contribution < -0.4 is 11.1 Å². The van der Waals surface area contributed by atoms with Crippen LogP contribution in [0.15, 0.2) is 23.4 Å². The van der Waals surface area contributed by atoms with E-state index in [4.69, 9.17) is 16.0 Å². The molecule has 1 aliphatic rings. The van der Waals surface area contributed by atoms with Crippen LogP contribution in [0.2, 0.25) is 0 Å². The van der Waals surface area contributed by atoms with Crippen molar-refractivity contribution in [2.45, 2.75) is 24.9 Å². The molecule has 1 fully saturated rings. The van der Waals surface area contributed by atoms with E-state index in [9.17, 15) is 4.39 Å². The van der Waals surface area contributed by atoms with Crippen molar-refractivity contribution in [3.63, 3.8) is 0 Å². The smallest absolute Gasteiger partial charge is 0.170 e. The highest BCUT2D eigenvalue weighted by molar-refractivity contribution is 5.97. The average molecular weight is 253 g/mol. The first-order valence-corrected chi connectivity index (χ1v) is 5.72. The Morgan fingerprint density at radius 1 is 1.50 bits per heavy atom. The molecule has 0 atom stereocenters. The van der Waals surface area contributed by atoms with E-state index in [1.54, 1.807) is 12.1 Å². The molecule has 0 saturated heterocycles. The Labute approximate surface area is 104 Å². The van der Waals surface area contributed by atoms with E-state index in [1.165, 1.54) is 6.07 Å². The third kappa shape index (κ3) is 2.60. The number of aliphatic hydroxyl groups is 1. The standard InChI is InChI=1S/C12H16FN3O2/c13-10-5-8(11(14)16-18)1-2-9(10)6-15-12(7-17)3-4-12/h1-2,5,15,17-18H,3-4,6-7H2,(H2,14,16). The number of nitrogens with two attached hydrogens (primary N) is 1. The number of amidine groups is 1. The van der Waals surface area contributed by atoms with Crippen molar-refractivity contribution in [3.8, 4) is 0 Å². The summed E-state index contributed by atoms with van der Waals surface area (Å²) in [5.41, 5.74) is 5.97. The van der Waals surface area contributed by atoms with Gasteiger partial charge in [-0.1, -0.05) is 17.3 Å². The maximum atomic E-state index is 13.8. The number of aliphatic hydroxyl groups excluding tert-OH is 1. The molecule has 0 bridgehead atoms.